The third-order valence-electron chi connectivity index (χ3n) is 4.95. The maximum Gasteiger partial charge on any atom is 0.225 e. The fraction of sp³-hybridized carbons (Fsp3) is 0.727. The first kappa shape index (κ1) is 22.3. The molecule has 1 aromatic rings. The third-order valence-corrected chi connectivity index (χ3v) is 5.30. The van der Waals surface area contributed by atoms with Crippen molar-refractivity contribution >= 4 is 8.69 Å². The lowest BCUT2D eigenvalue weighted by molar-refractivity contribution is 0.518. The molecule has 0 saturated heterocycles. The lowest BCUT2D eigenvalue weighted by Crippen LogP contribution is -1.90. The molecule has 0 aliphatic rings. The van der Waals surface area contributed by atoms with Crippen LogP contribution in [0.5, 0.6) is 5.75 Å². The first-order valence-electron chi connectivity index (χ1n) is 10.6. The van der Waals surface area contributed by atoms with Crippen molar-refractivity contribution in [2.24, 2.45) is 0 Å². The minimum absolute atomic E-state index is 0.808. The van der Waals surface area contributed by atoms with E-state index >= 15 is 0 Å². The maximum atomic E-state index is 10.7. The Morgan fingerprint density at radius 1 is 0.720 bits per heavy atom. The minimum Gasteiger partial charge on any atom is -0.447 e. The molecule has 0 spiro atoms. The summed E-state index contributed by atoms with van der Waals surface area (Å²) < 4.78 is 15.9. The quantitative estimate of drug-likeness (QED) is 0.208. The summed E-state index contributed by atoms with van der Waals surface area (Å²) in [4.78, 5) is 0. The van der Waals surface area contributed by atoms with Crippen LogP contribution in [0.2, 0.25) is 0 Å². The van der Waals surface area contributed by atoms with E-state index in [-0.39, 0.29) is 0 Å². The van der Waals surface area contributed by atoms with Crippen LogP contribution in [0.3, 0.4) is 0 Å². The Morgan fingerprint density at radius 3 is 1.72 bits per heavy atom. The second-order valence-electron chi connectivity index (χ2n) is 7.17. The van der Waals surface area contributed by atoms with Crippen molar-refractivity contribution in [2.45, 2.75) is 103 Å². The van der Waals surface area contributed by atoms with Crippen molar-refractivity contribution in [1.82, 2.24) is 0 Å². The number of aryl methyl sites for hydroxylation is 1. The largest absolute Gasteiger partial charge is 0.447 e. The monoisotopic (exact) mass is 366 g/mol. The van der Waals surface area contributed by atoms with E-state index in [0.29, 0.717) is 0 Å². The van der Waals surface area contributed by atoms with E-state index in [1.807, 2.05) is 18.2 Å². The molecular formula is C22H39O2P. The molecule has 0 amide bonds. The van der Waals surface area contributed by atoms with E-state index in [4.69, 9.17) is 4.52 Å². The van der Waals surface area contributed by atoms with Crippen LogP contribution in [-0.2, 0) is 11.0 Å². The predicted octanol–water partition coefficient (Wildman–Crippen LogP) is 7.76. The van der Waals surface area contributed by atoms with Crippen LogP contribution >= 0.6 is 8.69 Å². The van der Waals surface area contributed by atoms with Gasteiger partial charge in [0, 0.05) is 0 Å². The van der Waals surface area contributed by atoms with Crippen LogP contribution in [0.4, 0.5) is 0 Å². The van der Waals surface area contributed by atoms with Gasteiger partial charge < -0.3 is 4.52 Å². The third kappa shape index (κ3) is 12.3. The summed E-state index contributed by atoms with van der Waals surface area (Å²) in [6.45, 7) is 2.28. The maximum absolute atomic E-state index is 10.7. The Kier molecular flexibility index (Phi) is 14.9. The van der Waals surface area contributed by atoms with Gasteiger partial charge in [0.1, 0.15) is 5.75 Å². The second-order valence-corrected chi connectivity index (χ2v) is 7.60. The van der Waals surface area contributed by atoms with Gasteiger partial charge in [-0.1, -0.05) is 109 Å². The number of rotatable bonds is 17. The molecule has 0 aliphatic carbocycles. The molecule has 0 fully saturated rings. The van der Waals surface area contributed by atoms with Gasteiger partial charge in [0.25, 0.3) is 0 Å². The van der Waals surface area contributed by atoms with Gasteiger partial charge in [-0.3, -0.25) is 4.57 Å². The summed E-state index contributed by atoms with van der Waals surface area (Å²) in [7, 11) is -1.16. The zero-order valence-corrected chi connectivity index (χ0v) is 17.5. The van der Waals surface area contributed by atoms with Gasteiger partial charge in [0.2, 0.25) is 8.69 Å². The van der Waals surface area contributed by atoms with Crippen LogP contribution in [0.25, 0.3) is 0 Å². The summed E-state index contributed by atoms with van der Waals surface area (Å²) in [5, 5.41) is 0. The Morgan fingerprint density at radius 2 is 1.20 bits per heavy atom. The van der Waals surface area contributed by atoms with Gasteiger partial charge in [0.05, 0.1) is 0 Å². The molecule has 0 radical (unpaired) electrons. The van der Waals surface area contributed by atoms with Crippen LogP contribution in [-0.4, -0.2) is 0 Å². The van der Waals surface area contributed by atoms with E-state index < -0.39 is 8.69 Å². The van der Waals surface area contributed by atoms with Crippen molar-refractivity contribution in [3.05, 3.63) is 29.8 Å². The highest BCUT2D eigenvalue weighted by Gasteiger charge is 2.02. The van der Waals surface area contributed by atoms with Crippen LogP contribution in [0.1, 0.15) is 102 Å². The molecule has 0 saturated carbocycles. The summed E-state index contributed by atoms with van der Waals surface area (Å²) in [6.07, 6.45) is 20.4. The summed E-state index contributed by atoms with van der Waals surface area (Å²) in [6, 6.07) is 7.99. The molecule has 0 heterocycles. The molecule has 1 unspecified atom stereocenters. The fourth-order valence-electron chi connectivity index (χ4n) is 3.39. The smallest absolute Gasteiger partial charge is 0.225 e. The van der Waals surface area contributed by atoms with Crippen molar-refractivity contribution in [3.8, 4) is 5.75 Å². The van der Waals surface area contributed by atoms with Crippen LogP contribution in [0, 0.1) is 0 Å². The average Bonchev–Trinajstić information content (AvgIpc) is 2.63. The van der Waals surface area contributed by atoms with E-state index in [2.05, 4.69) is 13.0 Å². The summed E-state index contributed by atoms with van der Waals surface area (Å²) in [5.41, 5.74) is 1.20. The van der Waals surface area contributed by atoms with E-state index in [9.17, 15) is 4.57 Å². The van der Waals surface area contributed by atoms with Crippen LogP contribution in [0.15, 0.2) is 24.3 Å². The number of hydrogen-bond donors (Lipinski definition) is 0. The highest BCUT2D eigenvalue weighted by atomic mass is 31.1. The molecule has 0 bridgehead atoms. The molecular weight excluding hydrogens is 327 g/mol. The van der Waals surface area contributed by atoms with Gasteiger partial charge in [0.15, 0.2) is 0 Å². The van der Waals surface area contributed by atoms with Crippen molar-refractivity contribution < 1.29 is 9.09 Å². The lowest BCUT2D eigenvalue weighted by atomic mass is 10.0. The van der Waals surface area contributed by atoms with Gasteiger partial charge in [-0.15, -0.1) is 0 Å². The first-order valence-corrected chi connectivity index (χ1v) is 11.5. The van der Waals surface area contributed by atoms with Crippen LogP contribution < -0.4 is 4.52 Å². The van der Waals surface area contributed by atoms with E-state index in [1.54, 1.807) is 0 Å². The summed E-state index contributed by atoms with van der Waals surface area (Å²) >= 11 is 0. The molecule has 25 heavy (non-hydrogen) atoms. The second kappa shape index (κ2) is 16.7. The predicted molar refractivity (Wildman–Crippen MR) is 111 cm³/mol. The highest BCUT2D eigenvalue weighted by Crippen LogP contribution is 2.23. The van der Waals surface area contributed by atoms with Gasteiger partial charge in [-0.05, 0) is 24.5 Å². The molecule has 0 aliphatic heterocycles. The number of benzene rings is 1. The molecule has 1 rings (SSSR count). The van der Waals surface area contributed by atoms with Crippen molar-refractivity contribution in [2.75, 3.05) is 0 Å². The Bertz CT molecular complexity index is 434. The zero-order chi connectivity index (χ0) is 18.0. The number of hydrogen-bond acceptors (Lipinski definition) is 2. The first-order chi connectivity index (χ1) is 12.4. The molecule has 0 N–H and O–H groups in total. The molecule has 144 valence electrons. The Hall–Kier alpha value is -0.750. The molecule has 1 atom stereocenters. The normalized spacial score (nSPS) is 11.4. The van der Waals surface area contributed by atoms with Crippen molar-refractivity contribution in [3.63, 3.8) is 0 Å². The van der Waals surface area contributed by atoms with E-state index in [1.165, 1.54) is 95.5 Å². The fourth-order valence-corrected chi connectivity index (χ4v) is 3.72. The topological polar surface area (TPSA) is 26.3 Å². The standard InChI is InChI=1S/C22H39O2P/c1-2-3-4-5-6-7-8-9-10-11-12-13-14-15-18-21-19-16-17-20-22(21)24-25-23/h16-17,19-20H,2-15,18,25H2,1H3. The van der Waals surface area contributed by atoms with Gasteiger partial charge >= 0.3 is 0 Å². The van der Waals surface area contributed by atoms with Gasteiger partial charge in [-0.2, -0.15) is 0 Å². The number of para-hydroxylation sites is 1. The molecule has 1 aromatic carbocycles. The molecule has 0 aromatic heterocycles. The molecule has 2 nitrogen and oxygen atoms in total. The Labute approximate surface area is 157 Å². The average molecular weight is 367 g/mol. The van der Waals surface area contributed by atoms with Gasteiger partial charge in [-0.25, -0.2) is 0 Å². The lowest BCUT2D eigenvalue weighted by Gasteiger charge is -2.07. The van der Waals surface area contributed by atoms with E-state index in [0.717, 1.165) is 12.2 Å². The zero-order valence-electron chi connectivity index (χ0n) is 16.3. The number of unbranched alkanes of at least 4 members (excludes halogenated alkanes) is 13. The SMILES string of the molecule is CCCCCCCCCCCCCCCCc1ccccc1O[PH2]=O. The minimum atomic E-state index is -1.16. The highest BCUT2D eigenvalue weighted by molar-refractivity contribution is 7.17. The summed E-state index contributed by atoms with van der Waals surface area (Å²) in [5.74, 6) is 0.808. The Balaban J connectivity index is 1.88. The molecule has 3 heteroatoms. The van der Waals surface area contributed by atoms with Crippen molar-refractivity contribution in [1.29, 1.82) is 0 Å².